The standard InChI is InChI=1S/C14H25BrN4/c1-4-12-14(15)13(19(3)17-12)9-16-8-11-6-5-7-18(2)10-11/h11,16H,4-10H2,1-3H3. The molecule has 1 fully saturated rings. The molecule has 0 aromatic carbocycles. The number of hydrogen-bond donors (Lipinski definition) is 1. The van der Waals surface area contributed by atoms with Gasteiger partial charge in [-0.2, -0.15) is 5.10 Å². The van der Waals surface area contributed by atoms with Gasteiger partial charge in [-0.05, 0) is 61.2 Å². The Morgan fingerprint density at radius 3 is 2.84 bits per heavy atom. The van der Waals surface area contributed by atoms with Crippen LogP contribution in [-0.4, -0.2) is 41.4 Å². The lowest BCUT2D eigenvalue weighted by Crippen LogP contribution is -2.37. The van der Waals surface area contributed by atoms with E-state index in [-0.39, 0.29) is 0 Å². The third-order valence-electron chi connectivity index (χ3n) is 3.95. The zero-order chi connectivity index (χ0) is 13.8. The van der Waals surface area contributed by atoms with E-state index < -0.39 is 0 Å². The highest BCUT2D eigenvalue weighted by atomic mass is 79.9. The second-order valence-electron chi connectivity index (χ2n) is 5.59. The molecule has 0 saturated carbocycles. The van der Waals surface area contributed by atoms with Crippen molar-refractivity contribution in [2.75, 3.05) is 26.7 Å². The summed E-state index contributed by atoms with van der Waals surface area (Å²) in [6.07, 6.45) is 3.66. The van der Waals surface area contributed by atoms with Gasteiger partial charge >= 0.3 is 0 Å². The van der Waals surface area contributed by atoms with E-state index in [2.05, 4.69) is 45.2 Å². The largest absolute Gasteiger partial charge is 0.311 e. The Morgan fingerprint density at radius 2 is 2.21 bits per heavy atom. The van der Waals surface area contributed by atoms with Gasteiger partial charge in [-0.1, -0.05) is 6.92 Å². The molecule has 2 heterocycles. The molecule has 108 valence electrons. The number of rotatable bonds is 5. The van der Waals surface area contributed by atoms with E-state index in [1.54, 1.807) is 0 Å². The fourth-order valence-electron chi connectivity index (χ4n) is 2.85. The van der Waals surface area contributed by atoms with Gasteiger partial charge in [-0.25, -0.2) is 0 Å². The topological polar surface area (TPSA) is 33.1 Å². The van der Waals surface area contributed by atoms with Crippen LogP contribution in [0.15, 0.2) is 4.47 Å². The molecule has 4 nitrogen and oxygen atoms in total. The van der Waals surface area contributed by atoms with Crippen molar-refractivity contribution >= 4 is 15.9 Å². The minimum atomic E-state index is 0.788. The normalized spacial score (nSPS) is 20.9. The molecule has 1 atom stereocenters. The monoisotopic (exact) mass is 328 g/mol. The summed E-state index contributed by atoms with van der Waals surface area (Å²) in [4.78, 5) is 2.44. The minimum absolute atomic E-state index is 0.788. The number of nitrogens with zero attached hydrogens (tertiary/aromatic N) is 3. The summed E-state index contributed by atoms with van der Waals surface area (Å²) >= 11 is 3.67. The number of likely N-dealkylation sites (tertiary alicyclic amines) is 1. The lowest BCUT2D eigenvalue weighted by molar-refractivity contribution is 0.206. The molecule has 1 aliphatic rings. The van der Waals surface area contributed by atoms with Gasteiger partial charge in [0.1, 0.15) is 0 Å². The zero-order valence-electron chi connectivity index (χ0n) is 12.2. The van der Waals surface area contributed by atoms with Crippen LogP contribution in [0.25, 0.3) is 0 Å². The molecule has 2 rings (SSSR count). The molecule has 0 amide bonds. The summed E-state index contributed by atoms with van der Waals surface area (Å²) in [6.45, 7) is 6.61. The molecule has 1 aliphatic heterocycles. The van der Waals surface area contributed by atoms with Gasteiger partial charge in [0.2, 0.25) is 0 Å². The van der Waals surface area contributed by atoms with Crippen LogP contribution < -0.4 is 5.32 Å². The van der Waals surface area contributed by atoms with Crippen LogP contribution >= 0.6 is 15.9 Å². The molecule has 5 heteroatoms. The van der Waals surface area contributed by atoms with Crippen LogP contribution in [0.1, 0.15) is 31.2 Å². The maximum atomic E-state index is 4.53. The first kappa shape index (κ1) is 15.0. The third-order valence-corrected chi connectivity index (χ3v) is 4.87. The van der Waals surface area contributed by atoms with Crippen molar-refractivity contribution in [1.82, 2.24) is 20.0 Å². The van der Waals surface area contributed by atoms with Crippen LogP contribution in [0.5, 0.6) is 0 Å². The number of piperidine rings is 1. The highest BCUT2D eigenvalue weighted by Gasteiger charge is 2.17. The van der Waals surface area contributed by atoms with Crippen LogP contribution in [0.4, 0.5) is 0 Å². The van der Waals surface area contributed by atoms with Gasteiger partial charge in [0, 0.05) is 20.1 Å². The van der Waals surface area contributed by atoms with Gasteiger partial charge in [0.05, 0.1) is 15.9 Å². The lowest BCUT2D eigenvalue weighted by atomic mass is 9.98. The molecule has 0 bridgehead atoms. The molecular weight excluding hydrogens is 304 g/mol. The van der Waals surface area contributed by atoms with E-state index in [1.165, 1.54) is 36.1 Å². The predicted molar refractivity (Wildman–Crippen MR) is 82.2 cm³/mol. The summed E-state index contributed by atoms with van der Waals surface area (Å²) in [5, 5.41) is 8.12. The summed E-state index contributed by atoms with van der Waals surface area (Å²) in [5.41, 5.74) is 2.40. The van der Waals surface area contributed by atoms with Crippen LogP contribution in [-0.2, 0) is 20.0 Å². The highest BCUT2D eigenvalue weighted by Crippen LogP contribution is 2.21. The SMILES string of the molecule is CCc1nn(C)c(CNCC2CCCN(C)C2)c1Br. The molecule has 1 aromatic heterocycles. The van der Waals surface area contributed by atoms with E-state index in [4.69, 9.17) is 0 Å². The maximum Gasteiger partial charge on any atom is 0.0767 e. The van der Waals surface area contributed by atoms with Crippen LogP contribution in [0.2, 0.25) is 0 Å². The van der Waals surface area contributed by atoms with E-state index >= 15 is 0 Å². The molecule has 19 heavy (non-hydrogen) atoms. The zero-order valence-corrected chi connectivity index (χ0v) is 13.8. The van der Waals surface area contributed by atoms with Crippen molar-refractivity contribution in [3.8, 4) is 0 Å². The van der Waals surface area contributed by atoms with Crippen LogP contribution in [0.3, 0.4) is 0 Å². The average Bonchev–Trinajstić information content (AvgIpc) is 2.66. The van der Waals surface area contributed by atoms with Crippen molar-refractivity contribution < 1.29 is 0 Å². The number of aromatic nitrogens is 2. The number of halogens is 1. The minimum Gasteiger partial charge on any atom is -0.311 e. The molecule has 1 aromatic rings. The van der Waals surface area contributed by atoms with Gasteiger partial charge < -0.3 is 10.2 Å². The Morgan fingerprint density at radius 1 is 1.42 bits per heavy atom. The van der Waals surface area contributed by atoms with Gasteiger partial charge in [0.15, 0.2) is 0 Å². The molecular formula is C14H25BrN4. The summed E-state index contributed by atoms with van der Waals surface area (Å²) in [6, 6.07) is 0. The fraction of sp³-hybridized carbons (Fsp3) is 0.786. The molecule has 0 spiro atoms. The van der Waals surface area contributed by atoms with Gasteiger partial charge in [0.25, 0.3) is 0 Å². The Balaban J connectivity index is 1.84. The number of aryl methyl sites for hydroxylation is 2. The fourth-order valence-corrected chi connectivity index (χ4v) is 3.60. The van der Waals surface area contributed by atoms with Crippen LogP contribution in [0, 0.1) is 5.92 Å². The molecule has 1 saturated heterocycles. The van der Waals surface area contributed by atoms with E-state index in [0.29, 0.717) is 0 Å². The maximum absolute atomic E-state index is 4.53. The molecule has 0 aliphatic carbocycles. The van der Waals surface area contributed by atoms with E-state index in [0.717, 1.165) is 31.1 Å². The Hall–Kier alpha value is -0.390. The van der Waals surface area contributed by atoms with Crippen molar-refractivity contribution in [2.45, 2.75) is 32.7 Å². The third kappa shape index (κ3) is 3.80. The summed E-state index contributed by atoms with van der Waals surface area (Å²) in [5.74, 6) is 0.788. The summed E-state index contributed by atoms with van der Waals surface area (Å²) < 4.78 is 3.16. The van der Waals surface area contributed by atoms with Crippen molar-refractivity contribution in [1.29, 1.82) is 0 Å². The molecule has 0 radical (unpaired) electrons. The molecule has 1 N–H and O–H groups in total. The Labute approximate surface area is 124 Å². The average molecular weight is 329 g/mol. The van der Waals surface area contributed by atoms with Crippen molar-refractivity contribution in [2.24, 2.45) is 13.0 Å². The van der Waals surface area contributed by atoms with Gasteiger partial charge in [-0.15, -0.1) is 0 Å². The Bertz CT molecular complexity index is 416. The lowest BCUT2D eigenvalue weighted by Gasteiger charge is -2.29. The number of nitrogens with one attached hydrogen (secondary N) is 1. The van der Waals surface area contributed by atoms with Crippen molar-refractivity contribution in [3.63, 3.8) is 0 Å². The first-order chi connectivity index (χ1) is 9.11. The predicted octanol–water partition coefficient (Wildman–Crippen LogP) is 2.18. The van der Waals surface area contributed by atoms with E-state index in [9.17, 15) is 0 Å². The first-order valence-corrected chi connectivity index (χ1v) is 8.00. The second-order valence-corrected chi connectivity index (χ2v) is 6.38. The van der Waals surface area contributed by atoms with Gasteiger partial charge in [-0.3, -0.25) is 4.68 Å². The highest BCUT2D eigenvalue weighted by molar-refractivity contribution is 9.10. The first-order valence-electron chi connectivity index (χ1n) is 7.21. The summed E-state index contributed by atoms with van der Waals surface area (Å²) in [7, 11) is 4.24. The smallest absolute Gasteiger partial charge is 0.0767 e. The quantitative estimate of drug-likeness (QED) is 0.899. The molecule has 1 unspecified atom stereocenters. The van der Waals surface area contributed by atoms with Crippen molar-refractivity contribution in [3.05, 3.63) is 15.9 Å². The number of hydrogen-bond acceptors (Lipinski definition) is 3. The van der Waals surface area contributed by atoms with E-state index in [1.807, 2.05) is 11.7 Å². The second kappa shape index (κ2) is 6.86. The Kier molecular flexibility index (Phi) is 5.42.